The van der Waals surface area contributed by atoms with Crippen molar-refractivity contribution in [2.75, 3.05) is 0 Å². The highest BCUT2D eigenvalue weighted by Gasteiger charge is 2.07. The molecule has 12 heavy (non-hydrogen) atoms. The molecule has 0 saturated heterocycles. The Morgan fingerprint density at radius 2 is 2.00 bits per heavy atom. The number of hydrogen-bond acceptors (Lipinski definition) is 1. The van der Waals surface area contributed by atoms with Crippen molar-refractivity contribution in [1.29, 1.82) is 0 Å². The average molecular weight is 192 g/mol. The molecule has 0 N–H and O–H groups in total. The van der Waals surface area contributed by atoms with Gasteiger partial charge in [-0.2, -0.15) is 8.78 Å². The highest BCUT2D eigenvalue weighted by Crippen LogP contribution is 2.28. The van der Waals surface area contributed by atoms with Gasteiger partial charge in [0.15, 0.2) is 0 Å². The zero-order chi connectivity index (χ0) is 9.14. The van der Waals surface area contributed by atoms with Gasteiger partial charge in [-0.25, -0.2) is 4.39 Å². The van der Waals surface area contributed by atoms with E-state index in [-0.39, 0.29) is 0 Å². The van der Waals surface area contributed by atoms with Crippen molar-refractivity contribution < 1.29 is 13.2 Å². The Morgan fingerprint density at radius 3 is 2.50 bits per heavy atom. The van der Waals surface area contributed by atoms with Crippen molar-refractivity contribution >= 4 is 11.8 Å². The summed E-state index contributed by atoms with van der Waals surface area (Å²) in [5, 5.41) is 0. The molecule has 0 aliphatic heterocycles. The Kier molecular flexibility index (Phi) is 3.03. The van der Waals surface area contributed by atoms with Gasteiger partial charge in [-0.05, 0) is 30.7 Å². The topological polar surface area (TPSA) is 0 Å². The molecule has 0 aromatic heterocycles. The summed E-state index contributed by atoms with van der Waals surface area (Å²) in [5.74, 6) is -2.85. The number of hydrogen-bond donors (Lipinski definition) is 0. The van der Waals surface area contributed by atoms with Crippen molar-refractivity contribution in [3.05, 3.63) is 29.6 Å². The predicted octanol–water partition coefficient (Wildman–Crippen LogP) is 3.45. The van der Waals surface area contributed by atoms with Gasteiger partial charge in [0, 0.05) is 4.90 Å². The van der Waals surface area contributed by atoms with Crippen molar-refractivity contribution in [1.82, 2.24) is 0 Å². The Morgan fingerprint density at radius 1 is 1.33 bits per heavy atom. The summed E-state index contributed by atoms with van der Waals surface area (Å²) in [6, 6.07) is 3.78. The van der Waals surface area contributed by atoms with Crippen molar-refractivity contribution in [3.8, 4) is 0 Å². The Labute approximate surface area is 72.8 Å². The summed E-state index contributed by atoms with van der Waals surface area (Å²) in [6.45, 7) is 1.60. The van der Waals surface area contributed by atoms with E-state index in [1.807, 2.05) is 0 Å². The van der Waals surface area contributed by atoms with E-state index in [1.165, 1.54) is 18.2 Å². The van der Waals surface area contributed by atoms with Crippen LogP contribution in [-0.2, 0) is 0 Å². The van der Waals surface area contributed by atoms with E-state index in [4.69, 9.17) is 0 Å². The molecule has 0 saturated carbocycles. The smallest absolute Gasteiger partial charge is 0.207 e. The van der Waals surface area contributed by atoms with E-state index in [9.17, 15) is 13.2 Å². The van der Waals surface area contributed by atoms with Gasteiger partial charge >= 0.3 is 0 Å². The number of halogens is 3. The predicted molar refractivity (Wildman–Crippen MR) is 43.0 cm³/mol. The number of rotatable bonds is 2. The summed E-state index contributed by atoms with van der Waals surface area (Å²) in [4.78, 5) is 0.423. The fraction of sp³-hybridized carbons (Fsp3) is 0.250. The lowest BCUT2D eigenvalue weighted by atomic mass is 10.2. The normalized spacial score (nSPS) is 10.8. The largest absolute Gasteiger partial charge is 0.288 e. The van der Waals surface area contributed by atoms with Crippen LogP contribution in [0.2, 0.25) is 0 Å². The second kappa shape index (κ2) is 3.85. The fourth-order valence-corrected chi connectivity index (χ4v) is 1.42. The summed E-state index contributed by atoms with van der Waals surface area (Å²) >= 11 is 0.434. The van der Waals surface area contributed by atoms with Crippen LogP contribution < -0.4 is 0 Å². The van der Waals surface area contributed by atoms with Crippen LogP contribution in [0.1, 0.15) is 5.56 Å². The van der Waals surface area contributed by atoms with E-state index in [1.54, 1.807) is 6.92 Å². The molecule has 1 aromatic rings. The van der Waals surface area contributed by atoms with Gasteiger partial charge in [-0.1, -0.05) is 11.8 Å². The van der Waals surface area contributed by atoms with Gasteiger partial charge in [-0.3, -0.25) is 0 Å². The van der Waals surface area contributed by atoms with Crippen LogP contribution in [0, 0.1) is 12.7 Å². The van der Waals surface area contributed by atoms with E-state index in [2.05, 4.69) is 0 Å². The number of aryl methyl sites for hydroxylation is 1. The van der Waals surface area contributed by atoms with Gasteiger partial charge in [0.25, 0.3) is 5.76 Å². The van der Waals surface area contributed by atoms with Crippen LogP contribution in [0.3, 0.4) is 0 Å². The molecule has 1 aromatic carbocycles. The quantitative estimate of drug-likeness (QED) is 0.647. The third kappa shape index (κ3) is 2.44. The van der Waals surface area contributed by atoms with E-state index in [0.717, 1.165) is 0 Å². The minimum Gasteiger partial charge on any atom is -0.207 e. The van der Waals surface area contributed by atoms with Crippen molar-refractivity contribution in [3.63, 3.8) is 0 Å². The van der Waals surface area contributed by atoms with E-state index < -0.39 is 11.6 Å². The highest BCUT2D eigenvalue weighted by atomic mass is 32.2. The van der Waals surface area contributed by atoms with Crippen LogP contribution in [-0.4, -0.2) is 5.76 Å². The Hall–Kier alpha value is -0.640. The molecule has 0 amide bonds. The molecule has 0 radical (unpaired) electrons. The van der Waals surface area contributed by atoms with Gasteiger partial charge in [0.1, 0.15) is 5.82 Å². The fourth-order valence-electron chi connectivity index (χ4n) is 0.841. The van der Waals surface area contributed by atoms with Gasteiger partial charge in [-0.15, -0.1) is 0 Å². The lowest BCUT2D eigenvalue weighted by molar-refractivity contribution is 0.252. The highest BCUT2D eigenvalue weighted by molar-refractivity contribution is 7.99. The zero-order valence-electron chi connectivity index (χ0n) is 6.35. The molecular formula is C8H7F3S. The summed E-state index contributed by atoms with van der Waals surface area (Å²) < 4.78 is 36.2. The first kappa shape index (κ1) is 9.45. The number of thioether (sulfide) groups is 1. The van der Waals surface area contributed by atoms with E-state index >= 15 is 0 Å². The monoisotopic (exact) mass is 192 g/mol. The SMILES string of the molecule is Cc1cc(F)ccc1SC(F)F. The summed E-state index contributed by atoms with van der Waals surface area (Å²) in [6.07, 6.45) is 0. The average Bonchev–Trinajstić information content (AvgIpc) is 1.94. The standard InChI is InChI=1S/C8H7F3S/c1-5-4-6(9)2-3-7(5)12-8(10)11/h2-4,8H,1H3. The van der Waals surface area contributed by atoms with Crippen molar-refractivity contribution in [2.45, 2.75) is 17.6 Å². The van der Waals surface area contributed by atoms with Crippen molar-refractivity contribution in [2.24, 2.45) is 0 Å². The molecule has 1 rings (SSSR count). The molecule has 4 heteroatoms. The first-order valence-electron chi connectivity index (χ1n) is 3.30. The number of benzene rings is 1. The molecular weight excluding hydrogens is 185 g/mol. The molecule has 0 spiro atoms. The van der Waals surface area contributed by atoms with Crippen LogP contribution in [0.4, 0.5) is 13.2 Å². The van der Waals surface area contributed by atoms with Crippen LogP contribution in [0.5, 0.6) is 0 Å². The van der Waals surface area contributed by atoms with E-state index in [0.29, 0.717) is 22.2 Å². The first-order valence-corrected chi connectivity index (χ1v) is 4.18. The molecule has 0 nitrogen and oxygen atoms in total. The molecule has 0 atom stereocenters. The summed E-state index contributed by atoms with van der Waals surface area (Å²) in [7, 11) is 0. The second-order valence-electron chi connectivity index (χ2n) is 2.29. The third-order valence-corrected chi connectivity index (χ3v) is 2.24. The number of alkyl halides is 2. The lowest BCUT2D eigenvalue weighted by Crippen LogP contribution is -1.86. The first-order chi connectivity index (χ1) is 5.59. The van der Waals surface area contributed by atoms with Gasteiger partial charge in [0.05, 0.1) is 0 Å². The molecule has 66 valence electrons. The minimum atomic E-state index is -2.45. The van der Waals surface area contributed by atoms with Crippen LogP contribution >= 0.6 is 11.8 Å². The zero-order valence-corrected chi connectivity index (χ0v) is 7.17. The molecule has 0 unspecified atom stereocenters. The summed E-state index contributed by atoms with van der Waals surface area (Å²) in [5.41, 5.74) is 0.542. The van der Waals surface area contributed by atoms with Gasteiger partial charge < -0.3 is 0 Å². The lowest BCUT2D eigenvalue weighted by Gasteiger charge is -2.03. The molecule has 0 bridgehead atoms. The van der Waals surface area contributed by atoms with Gasteiger partial charge in [0.2, 0.25) is 0 Å². The minimum absolute atomic E-state index is 0.397. The maximum atomic E-state index is 12.5. The molecule has 0 fully saturated rings. The third-order valence-electron chi connectivity index (χ3n) is 1.35. The second-order valence-corrected chi connectivity index (χ2v) is 3.32. The molecule has 0 aliphatic rings. The maximum Gasteiger partial charge on any atom is 0.288 e. The molecule has 0 heterocycles. The Balaban J connectivity index is 2.86. The Bertz CT molecular complexity index is 273. The van der Waals surface area contributed by atoms with Crippen LogP contribution in [0.25, 0.3) is 0 Å². The maximum absolute atomic E-state index is 12.5. The molecule has 0 aliphatic carbocycles. The van der Waals surface area contributed by atoms with Crippen LogP contribution in [0.15, 0.2) is 23.1 Å².